The van der Waals surface area contributed by atoms with Crippen molar-refractivity contribution in [1.29, 1.82) is 0 Å². The first-order valence-corrected chi connectivity index (χ1v) is 13.5. The van der Waals surface area contributed by atoms with Crippen LogP contribution in [0.15, 0.2) is 30.3 Å². The Kier molecular flexibility index (Phi) is 8.99. The number of benzene rings is 2. The molecule has 2 aromatic rings. The van der Waals surface area contributed by atoms with E-state index in [4.69, 9.17) is 28.4 Å². The third-order valence-corrected chi connectivity index (χ3v) is 7.70. The molecular formula is C28H34O15. The highest BCUT2D eigenvalue weighted by molar-refractivity contribution is 6.02. The number of phenols is 2. The molecule has 0 aliphatic carbocycles. The lowest BCUT2D eigenvalue weighted by atomic mass is 9.95. The number of phenolic OH excluding ortho intramolecular Hbond substituents is 2. The summed E-state index contributed by atoms with van der Waals surface area (Å²) in [6, 6.07) is 6.90. The van der Waals surface area contributed by atoms with Crippen molar-refractivity contribution < 1.29 is 74.1 Å². The number of carbonyl (C=O) groups excluding carboxylic acids is 1. The highest BCUT2D eigenvalue weighted by atomic mass is 16.7. The largest absolute Gasteiger partial charge is 0.507 e. The molecule has 2 aromatic carbocycles. The van der Waals surface area contributed by atoms with Crippen LogP contribution in [0.4, 0.5) is 0 Å². The molecule has 0 saturated carbocycles. The van der Waals surface area contributed by atoms with Crippen LogP contribution in [0, 0.1) is 0 Å². The molecule has 0 aromatic heterocycles. The minimum absolute atomic E-state index is 0.0457. The van der Waals surface area contributed by atoms with E-state index < -0.39 is 85.7 Å². The minimum atomic E-state index is -1.77. The van der Waals surface area contributed by atoms with Gasteiger partial charge in [-0.25, -0.2) is 0 Å². The molecule has 0 unspecified atom stereocenters. The molecule has 11 atom stereocenters. The van der Waals surface area contributed by atoms with Gasteiger partial charge in [-0.15, -0.1) is 0 Å². The van der Waals surface area contributed by atoms with Gasteiger partial charge in [0.25, 0.3) is 0 Å². The van der Waals surface area contributed by atoms with Crippen molar-refractivity contribution in [3.05, 3.63) is 41.5 Å². The van der Waals surface area contributed by atoms with Gasteiger partial charge in [0.2, 0.25) is 6.29 Å². The first kappa shape index (κ1) is 31.2. The van der Waals surface area contributed by atoms with E-state index in [9.17, 15) is 45.6 Å². The van der Waals surface area contributed by atoms with Gasteiger partial charge in [-0.05, 0) is 24.6 Å². The maximum atomic E-state index is 12.9. The summed E-state index contributed by atoms with van der Waals surface area (Å²) in [6.45, 7) is 0.964. The van der Waals surface area contributed by atoms with E-state index in [0.29, 0.717) is 5.56 Å². The highest BCUT2D eigenvalue weighted by Crippen LogP contribution is 2.43. The predicted molar refractivity (Wildman–Crippen MR) is 141 cm³/mol. The quantitative estimate of drug-likeness (QED) is 0.185. The van der Waals surface area contributed by atoms with Crippen LogP contribution in [0.25, 0.3) is 0 Å². The van der Waals surface area contributed by atoms with Gasteiger partial charge < -0.3 is 69.3 Å². The lowest BCUT2D eigenvalue weighted by Gasteiger charge is -2.42. The molecule has 0 spiro atoms. The molecule has 43 heavy (non-hydrogen) atoms. The summed E-state index contributed by atoms with van der Waals surface area (Å²) in [5.41, 5.74) is 0.373. The Morgan fingerprint density at radius 2 is 1.53 bits per heavy atom. The summed E-state index contributed by atoms with van der Waals surface area (Å²) >= 11 is 0. The normalized spacial score (nSPS) is 36.0. The fourth-order valence-corrected chi connectivity index (χ4v) is 5.20. The molecule has 8 N–H and O–H groups in total. The van der Waals surface area contributed by atoms with Crippen LogP contribution in [0.5, 0.6) is 28.7 Å². The number of hydrogen-bond acceptors (Lipinski definition) is 15. The molecule has 0 bridgehead atoms. The predicted octanol–water partition coefficient (Wildman–Crippen LogP) is -1.16. The van der Waals surface area contributed by atoms with Crippen LogP contribution in [0.2, 0.25) is 0 Å². The van der Waals surface area contributed by atoms with E-state index in [1.165, 1.54) is 32.2 Å². The molecule has 15 heteroatoms. The number of methoxy groups -OCH3 is 1. The molecule has 2 saturated heterocycles. The Hall–Kier alpha value is -3.25. The number of ether oxygens (including phenoxy) is 6. The molecule has 3 aliphatic rings. The van der Waals surface area contributed by atoms with Crippen LogP contribution in [0.3, 0.4) is 0 Å². The van der Waals surface area contributed by atoms with Crippen molar-refractivity contribution in [2.24, 2.45) is 0 Å². The standard InChI is InChI=1S/C28H34O15/c1-10-21(32)23(34)25(36)27(40-10)39-9-19-22(33)24(35)26(37)28(43-19)41-12-6-14(30)20-15(31)8-17(42-18(20)7-12)11-3-4-16(38-2)13(29)5-11/h3-7,10,17,19,21-30,32-37H,8-9H2,1-2H3/t10-,17+,19+,21+,22-,23-,24+,25-,26-,27-,28-/m1/s1. The number of aromatic hydroxyl groups is 2. The fourth-order valence-electron chi connectivity index (χ4n) is 5.20. The van der Waals surface area contributed by atoms with E-state index in [2.05, 4.69) is 0 Å². The average Bonchev–Trinajstić information content (AvgIpc) is 2.97. The van der Waals surface area contributed by atoms with E-state index in [1.807, 2.05) is 0 Å². The molecule has 3 aliphatic heterocycles. The van der Waals surface area contributed by atoms with Crippen molar-refractivity contribution in [3.63, 3.8) is 0 Å². The highest BCUT2D eigenvalue weighted by Gasteiger charge is 2.47. The maximum absolute atomic E-state index is 12.9. The zero-order valence-corrected chi connectivity index (χ0v) is 23.1. The van der Waals surface area contributed by atoms with Crippen LogP contribution >= 0.6 is 0 Å². The third kappa shape index (κ3) is 6.08. The Bertz CT molecular complexity index is 1320. The topological polar surface area (TPSA) is 234 Å². The molecule has 2 fully saturated rings. The van der Waals surface area contributed by atoms with Crippen LogP contribution < -0.4 is 14.2 Å². The van der Waals surface area contributed by atoms with E-state index in [0.717, 1.165) is 6.07 Å². The van der Waals surface area contributed by atoms with Gasteiger partial charge in [-0.2, -0.15) is 0 Å². The van der Waals surface area contributed by atoms with Crippen molar-refractivity contribution in [2.75, 3.05) is 13.7 Å². The van der Waals surface area contributed by atoms with Crippen molar-refractivity contribution in [1.82, 2.24) is 0 Å². The van der Waals surface area contributed by atoms with Gasteiger partial charge in [-0.3, -0.25) is 4.79 Å². The molecule has 3 heterocycles. The first-order valence-electron chi connectivity index (χ1n) is 13.5. The number of ketones is 1. The Morgan fingerprint density at radius 1 is 0.837 bits per heavy atom. The van der Waals surface area contributed by atoms with E-state index in [1.54, 1.807) is 6.07 Å². The number of Topliss-reactive ketones (excluding diaryl/α,β-unsaturated/α-hetero) is 1. The molecule has 5 rings (SSSR count). The van der Waals surface area contributed by atoms with Crippen LogP contribution in [-0.4, -0.2) is 122 Å². The molecule has 236 valence electrons. The third-order valence-electron chi connectivity index (χ3n) is 7.70. The van der Waals surface area contributed by atoms with Crippen molar-refractivity contribution >= 4 is 5.78 Å². The van der Waals surface area contributed by atoms with E-state index in [-0.39, 0.29) is 35.0 Å². The zero-order valence-electron chi connectivity index (χ0n) is 23.1. The first-order chi connectivity index (χ1) is 20.4. The van der Waals surface area contributed by atoms with Crippen molar-refractivity contribution in [3.8, 4) is 28.7 Å². The van der Waals surface area contributed by atoms with Crippen LogP contribution in [0.1, 0.15) is 35.4 Å². The average molecular weight is 611 g/mol. The Morgan fingerprint density at radius 3 is 2.23 bits per heavy atom. The smallest absolute Gasteiger partial charge is 0.229 e. The second-order valence-corrected chi connectivity index (χ2v) is 10.6. The number of carbonyl (C=O) groups is 1. The summed E-state index contributed by atoms with van der Waals surface area (Å²) in [6.07, 6.45) is -15.9. The summed E-state index contributed by atoms with van der Waals surface area (Å²) in [5.74, 6) is -0.999. The minimum Gasteiger partial charge on any atom is -0.507 e. The number of rotatable bonds is 7. The van der Waals surface area contributed by atoms with Gasteiger partial charge >= 0.3 is 0 Å². The second-order valence-electron chi connectivity index (χ2n) is 10.6. The van der Waals surface area contributed by atoms with Gasteiger partial charge in [0.05, 0.1) is 26.2 Å². The summed E-state index contributed by atoms with van der Waals surface area (Å²) in [7, 11) is 1.39. The Balaban J connectivity index is 1.30. The van der Waals surface area contributed by atoms with Crippen LogP contribution in [-0.2, 0) is 14.2 Å². The molecule has 0 amide bonds. The number of aliphatic hydroxyl groups is 6. The summed E-state index contributed by atoms with van der Waals surface area (Å²) in [4.78, 5) is 12.9. The lowest BCUT2D eigenvalue weighted by molar-refractivity contribution is -0.318. The van der Waals surface area contributed by atoms with E-state index >= 15 is 0 Å². The fraction of sp³-hybridized carbons (Fsp3) is 0.536. The Labute approximate surface area is 245 Å². The summed E-state index contributed by atoms with van der Waals surface area (Å²) < 4.78 is 33.1. The van der Waals surface area contributed by atoms with Crippen molar-refractivity contribution in [2.45, 2.75) is 80.9 Å². The van der Waals surface area contributed by atoms with Gasteiger partial charge in [0.15, 0.2) is 23.6 Å². The molecule has 15 nitrogen and oxygen atoms in total. The number of fused-ring (bicyclic) bond motifs is 1. The van der Waals surface area contributed by atoms with Gasteiger partial charge in [0, 0.05) is 12.1 Å². The maximum Gasteiger partial charge on any atom is 0.229 e. The number of hydrogen-bond donors (Lipinski definition) is 8. The summed E-state index contributed by atoms with van der Waals surface area (Å²) in [5, 5.41) is 82.2. The monoisotopic (exact) mass is 610 g/mol. The van der Waals surface area contributed by atoms with Gasteiger partial charge in [-0.1, -0.05) is 6.07 Å². The molecular weight excluding hydrogens is 576 g/mol. The zero-order chi connectivity index (χ0) is 31.2. The van der Waals surface area contributed by atoms with Gasteiger partial charge in [0.1, 0.15) is 71.6 Å². The lowest BCUT2D eigenvalue weighted by Crippen LogP contribution is -2.61. The molecule has 0 radical (unpaired) electrons. The SMILES string of the molecule is COc1ccc([C@@H]2CC(=O)c3c(O)cc(O[C@@H]4O[C@@H](CO[C@@H]5O[C@H](C)[C@H](O)[C@@H](O)[C@H]5O)[C@@H](O)[C@H](O)[C@H]4O)cc3O2)cc1O. The number of aliphatic hydroxyl groups excluding tert-OH is 6. The second kappa shape index (κ2) is 12.4.